The third-order valence-electron chi connectivity index (χ3n) is 3.04. The number of carbonyl (C=O) groups is 1. The summed E-state index contributed by atoms with van der Waals surface area (Å²) in [4.78, 5) is 24.1. The van der Waals surface area contributed by atoms with Crippen LogP contribution in [0, 0.1) is 0 Å². The molecule has 0 aliphatic rings. The highest BCUT2D eigenvalue weighted by Crippen LogP contribution is 2.15. The highest BCUT2D eigenvalue weighted by atomic mass is 35.5. The maximum Gasteiger partial charge on any atom is 0.341 e. The van der Waals surface area contributed by atoms with Gasteiger partial charge >= 0.3 is 5.97 Å². The summed E-state index contributed by atoms with van der Waals surface area (Å²) in [7, 11) is 0. The summed E-state index contributed by atoms with van der Waals surface area (Å²) < 4.78 is 6.05. The first-order valence-electron chi connectivity index (χ1n) is 6.41. The average Bonchev–Trinajstić information content (AvgIpc) is 2.55. The molecule has 0 spiro atoms. The number of fused-ring (bicyclic) bond motifs is 1. The van der Waals surface area contributed by atoms with Gasteiger partial charge in [0.05, 0.1) is 16.0 Å². The van der Waals surface area contributed by atoms with Gasteiger partial charge in [0.2, 0.25) is 0 Å². The van der Waals surface area contributed by atoms with Crippen LogP contribution in [0.1, 0.15) is 10.4 Å². The zero-order chi connectivity index (χ0) is 15.5. The monoisotopic (exact) mass is 315 g/mol. The number of ether oxygens (including phenoxy) is 1. The van der Waals surface area contributed by atoms with Gasteiger partial charge in [0.25, 0.3) is 5.56 Å². The summed E-state index contributed by atoms with van der Waals surface area (Å²) in [5, 5.41) is 8.33. The number of aromatic nitrogens is 3. The molecular weight excluding hydrogens is 306 g/mol. The highest BCUT2D eigenvalue weighted by Gasteiger charge is 2.12. The Kier molecular flexibility index (Phi) is 3.84. The van der Waals surface area contributed by atoms with E-state index in [1.807, 2.05) is 0 Å². The molecular formula is C15H10ClN3O3. The van der Waals surface area contributed by atoms with Crippen molar-refractivity contribution in [3.63, 3.8) is 0 Å². The molecule has 0 aliphatic carbocycles. The van der Waals surface area contributed by atoms with Gasteiger partial charge in [-0.15, -0.1) is 5.10 Å². The summed E-state index contributed by atoms with van der Waals surface area (Å²) in [6.07, 6.45) is 0. The fraction of sp³-hybridized carbons (Fsp3) is 0.0667. The molecule has 1 heterocycles. The molecule has 7 heteroatoms. The quantitative estimate of drug-likeness (QED) is 0.693. The van der Waals surface area contributed by atoms with Crippen LogP contribution in [0.3, 0.4) is 0 Å². The minimum Gasteiger partial charge on any atom is -0.438 e. The van der Waals surface area contributed by atoms with E-state index >= 15 is 0 Å². The molecule has 0 atom stereocenters. The second-order valence-corrected chi connectivity index (χ2v) is 4.86. The van der Waals surface area contributed by atoms with Crippen LogP contribution in [0.2, 0.25) is 5.02 Å². The van der Waals surface area contributed by atoms with Gasteiger partial charge in [0.15, 0.2) is 6.73 Å². The first-order valence-corrected chi connectivity index (χ1v) is 6.79. The molecule has 0 saturated heterocycles. The van der Waals surface area contributed by atoms with Crippen molar-refractivity contribution in [2.75, 3.05) is 0 Å². The van der Waals surface area contributed by atoms with Crippen LogP contribution in [-0.4, -0.2) is 21.0 Å². The van der Waals surface area contributed by atoms with E-state index in [0.717, 1.165) is 4.68 Å². The molecule has 0 N–H and O–H groups in total. The number of halogens is 1. The Morgan fingerprint density at radius 2 is 1.86 bits per heavy atom. The molecule has 0 fully saturated rings. The SMILES string of the molecule is O=C(OCn1nnc2ccccc2c1=O)c1ccccc1Cl. The molecule has 0 saturated carbocycles. The fourth-order valence-electron chi connectivity index (χ4n) is 1.93. The van der Waals surface area contributed by atoms with Gasteiger partial charge in [-0.25, -0.2) is 4.79 Å². The molecule has 2 aromatic carbocycles. The summed E-state index contributed by atoms with van der Waals surface area (Å²) in [5.41, 5.74) is 0.338. The topological polar surface area (TPSA) is 74.1 Å². The number of hydrogen-bond acceptors (Lipinski definition) is 5. The number of hydrogen-bond donors (Lipinski definition) is 0. The standard InChI is InChI=1S/C15H10ClN3O3/c16-12-7-3-1-5-10(12)15(21)22-9-19-14(20)11-6-2-4-8-13(11)17-18-19/h1-8H,9H2. The van der Waals surface area contributed by atoms with Crippen molar-refractivity contribution < 1.29 is 9.53 Å². The lowest BCUT2D eigenvalue weighted by Gasteiger charge is -2.07. The van der Waals surface area contributed by atoms with Gasteiger partial charge in [0.1, 0.15) is 5.52 Å². The lowest BCUT2D eigenvalue weighted by molar-refractivity contribution is 0.0336. The Morgan fingerprint density at radius 1 is 1.14 bits per heavy atom. The van der Waals surface area contributed by atoms with Crippen molar-refractivity contribution in [1.29, 1.82) is 0 Å². The molecule has 6 nitrogen and oxygen atoms in total. The van der Waals surface area contributed by atoms with Crippen molar-refractivity contribution in [3.05, 3.63) is 69.5 Å². The first kappa shape index (κ1) is 14.2. The van der Waals surface area contributed by atoms with Crippen LogP contribution in [0.25, 0.3) is 10.9 Å². The smallest absolute Gasteiger partial charge is 0.341 e. The number of benzene rings is 2. The highest BCUT2D eigenvalue weighted by molar-refractivity contribution is 6.33. The maximum absolute atomic E-state index is 12.2. The average molecular weight is 316 g/mol. The molecule has 3 aromatic rings. The third-order valence-corrected chi connectivity index (χ3v) is 3.37. The number of nitrogens with zero attached hydrogens (tertiary/aromatic N) is 3. The lowest BCUT2D eigenvalue weighted by Crippen LogP contribution is -2.26. The van der Waals surface area contributed by atoms with E-state index in [2.05, 4.69) is 10.3 Å². The Morgan fingerprint density at radius 3 is 2.68 bits per heavy atom. The van der Waals surface area contributed by atoms with Gasteiger partial charge in [-0.3, -0.25) is 4.79 Å². The fourth-order valence-corrected chi connectivity index (χ4v) is 2.15. The van der Waals surface area contributed by atoms with Crippen molar-refractivity contribution in [3.8, 4) is 0 Å². The molecule has 22 heavy (non-hydrogen) atoms. The normalized spacial score (nSPS) is 10.6. The van der Waals surface area contributed by atoms with E-state index < -0.39 is 5.97 Å². The van der Waals surface area contributed by atoms with Crippen LogP contribution in [-0.2, 0) is 11.5 Å². The van der Waals surface area contributed by atoms with E-state index in [4.69, 9.17) is 16.3 Å². The molecule has 110 valence electrons. The predicted molar refractivity (Wildman–Crippen MR) is 80.7 cm³/mol. The van der Waals surface area contributed by atoms with Gasteiger partial charge in [0, 0.05) is 0 Å². The van der Waals surface area contributed by atoms with Gasteiger partial charge < -0.3 is 4.74 Å². The third kappa shape index (κ3) is 2.68. The Bertz CT molecular complexity index is 908. The van der Waals surface area contributed by atoms with Crippen LogP contribution >= 0.6 is 11.6 Å². The molecule has 0 amide bonds. The summed E-state index contributed by atoms with van der Waals surface area (Å²) >= 11 is 5.91. The Hall–Kier alpha value is -2.73. The molecule has 0 aliphatic heterocycles. The van der Waals surface area contributed by atoms with Crippen LogP contribution < -0.4 is 5.56 Å². The Labute approximate surface area is 129 Å². The van der Waals surface area contributed by atoms with E-state index in [9.17, 15) is 9.59 Å². The summed E-state index contributed by atoms with van der Waals surface area (Å²) in [5.74, 6) is -0.632. The molecule has 1 aromatic heterocycles. The molecule has 0 radical (unpaired) electrons. The lowest BCUT2D eigenvalue weighted by atomic mass is 10.2. The van der Waals surface area contributed by atoms with Crippen LogP contribution in [0.4, 0.5) is 0 Å². The maximum atomic E-state index is 12.2. The van der Waals surface area contributed by atoms with E-state index in [0.29, 0.717) is 10.9 Å². The zero-order valence-corrected chi connectivity index (χ0v) is 12.0. The minimum atomic E-state index is -0.632. The van der Waals surface area contributed by atoms with E-state index in [-0.39, 0.29) is 22.9 Å². The van der Waals surface area contributed by atoms with Crippen LogP contribution in [0.5, 0.6) is 0 Å². The largest absolute Gasteiger partial charge is 0.438 e. The summed E-state index contributed by atoms with van der Waals surface area (Å²) in [6.45, 7) is -0.333. The Balaban J connectivity index is 1.83. The van der Waals surface area contributed by atoms with E-state index in [1.165, 1.54) is 0 Å². The second kappa shape index (κ2) is 5.95. The van der Waals surface area contributed by atoms with Crippen molar-refractivity contribution in [1.82, 2.24) is 15.0 Å². The van der Waals surface area contributed by atoms with E-state index in [1.54, 1.807) is 48.5 Å². The second-order valence-electron chi connectivity index (χ2n) is 4.45. The molecule has 3 rings (SSSR count). The number of rotatable bonds is 3. The number of carbonyl (C=O) groups excluding carboxylic acids is 1. The molecule has 0 unspecified atom stereocenters. The predicted octanol–water partition coefficient (Wildman–Crippen LogP) is 2.26. The van der Waals surface area contributed by atoms with Gasteiger partial charge in [-0.1, -0.05) is 41.1 Å². The van der Waals surface area contributed by atoms with Gasteiger partial charge in [-0.05, 0) is 24.3 Å². The molecule has 0 bridgehead atoms. The zero-order valence-electron chi connectivity index (χ0n) is 11.3. The van der Waals surface area contributed by atoms with Gasteiger partial charge in [-0.2, -0.15) is 4.68 Å². The van der Waals surface area contributed by atoms with Crippen LogP contribution in [0.15, 0.2) is 53.3 Å². The van der Waals surface area contributed by atoms with Crippen molar-refractivity contribution >= 4 is 28.5 Å². The number of esters is 1. The van der Waals surface area contributed by atoms with Crippen molar-refractivity contribution in [2.45, 2.75) is 6.73 Å². The van der Waals surface area contributed by atoms with Crippen molar-refractivity contribution in [2.24, 2.45) is 0 Å². The summed E-state index contributed by atoms with van der Waals surface area (Å²) in [6, 6.07) is 13.3. The minimum absolute atomic E-state index is 0.228. The first-order chi connectivity index (χ1) is 10.7.